The largest absolute Gasteiger partial charge is 0.354 e. The van der Waals surface area contributed by atoms with Crippen LogP contribution in [0.1, 0.15) is 6.92 Å². The summed E-state index contributed by atoms with van der Waals surface area (Å²) in [6.45, 7) is 1.63. The van der Waals surface area contributed by atoms with Crippen LogP contribution < -0.4 is 4.72 Å². The first-order valence-corrected chi connectivity index (χ1v) is 7.58. The third-order valence-corrected chi connectivity index (χ3v) is 4.34. The van der Waals surface area contributed by atoms with Crippen molar-refractivity contribution < 1.29 is 17.9 Å². The van der Waals surface area contributed by atoms with Crippen molar-refractivity contribution in [2.24, 2.45) is 0 Å². The number of sulfonamides is 1. The zero-order valence-corrected chi connectivity index (χ0v) is 13.0. The lowest BCUT2D eigenvalue weighted by atomic mass is 10.3. The van der Waals surface area contributed by atoms with Crippen molar-refractivity contribution >= 4 is 33.2 Å². The van der Waals surface area contributed by atoms with Gasteiger partial charge in [-0.15, -0.1) is 0 Å². The Morgan fingerprint density at radius 1 is 1.11 bits per heavy atom. The molecule has 0 bridgehead atoms. The second kappa shape index (κ2) is 6.88. The maximum absolute atomic E-state index is 12.1. The minimum atomic E-state index is -3.75. The summed E-state index contributed by atoms with van der Waals surface area (Å²) in [5.74, 6) is 0. The number of methoxy groups -OCH3 is 2. The van der Waals surface area contributed by atoms with Crippen LogP contribution in [0.15, 0.2) is 23.1 Å². The SMILES string of the molecule is COC(OC)C(C)NS(=O)(=O)c1cc(Cl)cc(Cl)c1. The Kier molecular flexibility index (Phi) is 6.04. The van der Waals surface area contributed by atoms with Crippen LogP contribution in [-0.4, -0.2) is 35.0 Å². The van der Waals surface area contributed by atoms with E-state index in [1.807, 2.05) is 0 Å². The Balaban J connectivity index is 2.98. The van der Waals surface area contributed by atoms with Gasteiger partial charge in [-0.25, -0.2) is 13.1 Å². The summed E-state index contributed by atoms with van der Waals surface area (Å²) < 4.78 is 36.7. The quantitative estimate of drug-likeness (QED) is 0.814. The first kappa shape index (κ1) is 16.7. The van der Waals surface area contributed by atoms with Crippen LogP contribution in [0.25, 0.3) is 0 Å². The van der Waals surface area contributed by atoms with E-state index >= 15 is 0 Å². The molecule has 0 saturated heterocycles. The van der Waals surface area contributed by atoms with Gasteiger partial charge in [-0.1, -0.05) is 23.2 Å². The number of halogens is 2. The van der Waals surface area contributed by atoms with Crippen LogP contribution >= 0.6 is 23.2 Å². The van der Waals surface area contributed by atoms with Gasteiger partial charge in [0.25, 0.3) is 0 Å². The first-order chi connectivity index (χ1) is 8.80. The lowest BCUT2D eigenvalue weighted by Gasteiger charge is -2.22. The normalized spacial score (nSPS) is 13.8. The van der Waals surface area contributed by atoms with Crippen LogP contribution in [0.4, 0.5) is 0 Å². The number of hydrogen-bond acceptors (Lipinski definition) is 4. The van der Waals surface area contributed by atoms with Crippen molar-refractivity contribution in [1.29, 1.82) is 0 Å². The molecule has 0 heterocycles. The summed E-state index contributed by atoms with van der Waals surface area (Å²) in [7, 11) is -0.897. The molecule has 0 fully saturated rings. The maximum atomic E-state index is 12.1. The predicted octanol–water partition coefficient (Wildman–Crippen LogP) is 2.28. The lowest BCUT2D eigenvalue weighted by Crippen LogP contribution is -2.42. The maximum Gasteiger partial charge on any atom is 0.241 e. The van der Waals surface area contributed by atoms with Crippen LogP contribution in [0.2, 0.25) is 10.0 Å². The molecule has 0 amide bonds. The molecular formula is C11H15Cl2NO4S. The minimum absolute atomic E-state index is 0.0113. The molecule has 5 nitrogen and oxygen atoms in total. The molecule has 19 heavy (non-hydrogen) atoms. The van der Waals surface area contributed by atoms with Gasteiger partial charge >= 0.3 is 0 Å². The third-order valence-electron chi connectivity index (χ3n) is 2.36. The van der Waals surface area contributed by atoms with E-state index < -0.39 is 22.4 Å². The van der Waals surface area contributed by atoms with Gasteiger partial charge in [-0.3, -0.25) is 0 Å². The fraction of sp³-hybridized carbons (Fsp3) is 0.455. The van der Waals surface area contributed by atoms with Crippen molar-refractivity contribution in [3.05, 3.63) is 28.2 Å². The minimum Gasteiger partial charge on any atom is -0.354 e. The van der Waals surface area contributed by atoms with Crippen LogP contribution in [0.5, 0.6) is 0 Å². The van der Waals surface area contributed by atoms with E-state index in [1.54, 1.807) is 6.92 Å². The van der Waals surface area contributed by atoms with E-state index in [-0.39, 0.29) is 14.9 Å². The molecule has 0 aromatic heterocycles. The molecule has 1 rings (SSSR count). The smallest absolute Gasteiger partial charge is 0.241 e. The average Bonchev–Trinajstić information content (AvgIpc) is 2.28. The monoisotopic (exact) mass is 327 g/mol. The Morgan fingerprint density at radius 2 is 1.58 bits per heavy atom. The molecule has 1 aromatic rings. The van der Waals surface area contributed by atoms with E-state index in [4.69, 9.17) is 32.7 Å². The second-order valence-electron chi connectivity index (χ2n) is 3.85. The van der Waals surface area contributed by atoms with Gasteiger partial charge in [-0.05, 0) is 25.1 Å². The Morgan fingerprint density at radius 3 is 2.00 bits per heavy atom. The second-order valence-corrected chi connectivity index (χ2v) is 6.44. The van der Waals surface area contributed by atoms with E-state index in [1.165, 1.54) is 32.4 Å². The van der Waals surface area contributed by atoms with E-state index in [0.29, 0.717) is 0 Å². The highest BCUT2D eigenvalue weighted by Crippen LogP contribution is 2.22. The topological polar surface area (TPSA) is 64.6 Å². The number of benzene rings is 1. The summed E-state index contributed by atoms with van der Waals surface area (Å²) in [6.07, 6.45) is -0.690. The van der Waals surface area contributed by atoms with Crippen LogP contribution in [0, 0.1) is 0 Å². The highest BCUT2D eigenvalue weighted by Gasteiger charge is 2.24. The van der Waals surface area contributed by atoms with Crippen LogP contribution in [0.3, 0.4) is 0 Å². The van der Waals surface area contributed by atoms with E-state index in [9.17, 15) is 8.42 Å². The molecule has 1 unspecified atom stereocenters. The van der Waals surface area contributed by atoms with Gasteiger partial charge in [0.2, 0.25) is 10.0 Å². The summed E-state index contributed by atoms with van der Waals surface area (Å²) >= 11 is 11.6. The molecule has 0 saturated carbocycles. The van der Waals surface area contributed by atoms with Gasteiger partial charge in [0.05, 0.1) is 10.9 Å². The highest BCUT2D eigenvalue weighted by molar-refractivity contribution is 7.89. The number of rotatable bonds is 6. The molecule has 108 valence electrons. The van der Waals surface area contributed by atoms with E-state index in [2.05, 4.69) is 4.72 Å². The lowest BCUT2D eigenvalue weighted by molar-refractivity contribution is -0.115. The molecular weight excluding hydrogens is 313 g/mol. The van der Waals surface area contributed by atoms with Gasteiger partial charge in [-0.2, -0.15) is 0 Å². The average molecular weight is 328 g/mol. The Bertz CT molecular complexity index is 511. The van der Waals surface area contributed by atoms with Crippen LogP contribution in [-0.2, 0) is 19.5 Å². The van der Waals surface area contributed by atoms with Gasteiger partial charge in [0.15, 0.2) is 6.29 Å². The summed E-state index contributed by atoms with van der Waals surface area (Å²) in [5.41, 5.74) is 0. The molecule has 0 aliphatic heterocycles. The molecule has 0 aliphatic carbocycles. The number of hydrogen-bond donors (Lipinski definition) is 1. The Labute approximate surface area is 122 Å². The third kappa shape index (κ3) is 4.59. The standard InChI is InChI=1S/C11H15Cl2NO4S/c1-7(11(17-2)18-3)14-19(15,16)10-5-8(12)4-9(13)6-10/h4-7,11,14H,1-3H3. The van der Waals surface area contributed by atoms with Crippen molar-refractivity contribution in [3.8, 4) is 0 Å². The molecule has 1 N–H and O–H groups in total. The summed E-state index contributed by atoms with van der Waals surface area (Å²) in [5, 5.41) is 0.492. The van der Waals surface area contributed by atoms with Gasteiger partial charge < -0.3 is 9.47 Å². The molecule has 0 aliphatic rings. The molecule has 1 aromatic carbocycles. The molecule has 8 heteroatoms. The van der Waals surface area contributed by atoms with Crippen molar-refractivity contribution in [2.75, 3.05) is 14.2 Å². The fourth-order valence-corrected chi connectivity index (χ4v) is 3.51. The summed E-state index contributed by atoms with van der Waals surface area (Å²) in [4.78, 5) is -0.0113. The van der Waals surface area contributed by atoms with E-state index in [0.717, 1.165) is 0 Å². The number of ether oxygens (including phenoxy) is 2. The first-order valence-electron chi connectivity index (χ1n) is 5.34. The molecule has 0 spiro atoms. The highest BCUT2D eigenvalue weighted by atomic mass is 35.5. The van der Waals surface area contributed by atoms with Crippen molar-refractivity contribution in [1.82, 2.24) is 4.72 Å². The van der Waals surface area contributed by atoms with Crippen molar-refractivity contribution in [3.63, 3.8) is 0 Å². The zero-order valence-electron chi connectivity index (χ0n) is 10.7. The Hall–Kier alpha value is -0.370. The van der Waals surface area contributed by atoms with Gasteiger partial charge in [0.1, 0.15) is 0 Å². The molecule has 0 radical (unpaired) electrons. The predicted molar refractivity (Wildman–Crippen MR) is 74.1 cm³/mol. The zero-order chi connectivity index (χ0) is 14.6. The van der Waals surface area contributed by atoms with Gasteiger partial charge in [0, 0.05) is 24.3 Å². The number of nitrogens with one attached hydrogen (secondary N) is 1. The fourth-order valence-electron chi connectivity index (χ4n) is 1.56. The summed E-state index contributed by atoms with van der Waals surface area (Å²) in [6, 6.07) is 3.52. The molecule has 1 atom stereocenters. The van der Waals surface area contributed by atoms with Crippen molar-refractivity contribution in [2.45, 2.75) is 24.2 Å².